The zero-order valence-electron chi connectivity index (χ0n) is 11.3. The van der Waals surface area contributed by atoms with Gasteiger partial charge in [0.05, 0.1) is 6.42 Å². The summed E-state index contributed by atoms with van der Waals surface area (Å²) in [5, 5.41) is 0. The van der Waals surface area contributed by atoms with Crippen molar-refractivity contribution in [2.45, 2.75) is 6.42 Å². The van der Waals surface area contributed by atoms with Crippen LogP contribution in [0.1, 0.15) is 17.5 Å². The molecule has 2 aromatic rings. The van der Waals surface area contributed by atoms with Gasteiger partial charge in [-0.2, -0.15) is 0 Å². The molecular weight excluding hydrogens is 264 g/mol. The van der Waals surface area contributed by atoms with Crippen LogP contribution in [-0.2, 0) is 9.59 Å². The maximum absolute atomic E-state index is 11.7. The van der Waals surface area contributed by atoms with Crippen molar-refractivity contribution in [3.63, 3.8) is 0 Å². The van der Waals surface area contributed by atoms with E-state index in [1.165, 1.54) is 12.2 Å². The molecule has 0 aliphatic heterocycles. The molecule has 0 aromatic carbocycles. The van der Waals surface area contributed by atoms with E-state index in [9.17, 15) is 9.59 Å². The topological polar surface area (TPSA) is 59.9 Å². The highest BCUT2D eigenvalue weighted by Crippen LogP contribution is 2.02. The average molecular weight is 278 g/mol. The lowest BCUT2D eigenvalue weighted by Crippen LogP contribution is -2.01. The predicted octanol–water partition coefficient (Wildman–Crippen LogP) is 2.73. The van der Waals surface area contributed by atoms with E-state index in [-0.39, 0.29) is 18.0 Å². The summed E-state index contributed by atoms with van der Waals surface area (Å²) in [6.45, 7) is 0. The van der Waals surface area contributed by atoms with Crippen molar-refractivity contribution in [3.05, 3.63) is 72.3 Å². The molecule has 0 saturated heterocycles. The second-order valence-corrected chi connectivity index (χ2v) is 4.35. The Balaban J connectivity index is 1.87. The van der Waals surface area contributed by atoms with E-state index >= 15 is 0 Å². The van der Waals surface area contributed by atoms with Crippen LogP contribution >= 0.6 is 0 Å². The molecule has 0 saturated carbocycles. The fourth-order valence-electron chi connectivity index (χ4n) is 1.62. The van der Waals surface area contributed by atoms with Gasteiger partial charge < -0.3 is 0 Å². The first kappa shape index (κ1) is 14.5. The van der Waals surface area contributed by atoms with E-state index in [2.05, 4.69) is 9.97 Å². The van der Waals surface area contributed by atoms with Gasteiger partial charge in [-0.15, -0.1) is 0 Å². The van der Waals surface area contributed by atoms with Crippen LogP contribution in [0.2, 0.25) is 0 Å². The molecule has 2 aromatic heterocycles. The number of allylic oxidation sites excluding steroid dienone is 2. The lowest BCUT2D eigenvalue weighted by molar-refractivity contribution is -0.121. The van der Waals surface area contributed by atoms with E-state index in [1.54, 1.807) is 49.1 Å². The Morgan fingerprint density at radius 2 is 1.33 bits per heavy atom. The third-order valence-corrected chi connectivity index (χ3v) is 2.64. The van der Waals surface area contributed by atoms with Crippen LogP contribution in [0.5, 0.6) is 0 Å². The molecule has 21 heavy (non-hydrogen) atoms. The molecule has 0 amide bonds. The SMILES string of the molecule is O=C(/C=C/c1cccnc1)CC(=O)/C=C/c1cccnc1. The predicted molar refractivity (Wildman–Crippen MR) is 81.2 cm³/mol. The lowest BCUT2D eigenvalue weighted by Gasteiger charge is -1.93. The van der Waals surface area contributed by atoms with Crippen LogP contribution in [0.25, 0.3) is 12.2 Å². The molecule has 0 N–H and O–H groups in total. The van der Waals surface area contributed by atoms with Gasteiger partial charge >= 0.3 is 0 Å². The molecule has 4 heteroatoms. The highest BCUT2D eigenvalue weighted by atomic mass is 16.1. The van der Waals surface area contributed by atoms with Gasteiger partial charge in [0, 0.05) is 24.8 Å². The van der Waals surface area contributed by atoms with Gasteiger partial charge in [-0.05, 0) is 47.6 Å². The minimum atomic E-state index is -0.236. The number of pyridine rings is 2. The number of rotatable bonds is 6. The monoisotopic (exact) mass is 278 g/mol. The first-order valence-corrected chi connectivity index (χ1v) is 6.46. The summed E-state index contributed by atoms with van der Waals surface area (Å²) in [6.07, 6.45) is 12.5. The molecule has 0 aliphatic rings. The van der Waals surface area contributed by atoms with Crippen LogP contribution < -0.4 is 0 Å². The quantitative estimate of drug-likeness (QED) is 0.602. The summed E-state index contributed by atoms with van der Waals surface area (Å²) >= 11 is 0. The number of carbonyl (C=O) groups is 2. The number of carbonyl (C=O) groups excluding carboxylic acids is 2. The van der Waals surface area contributed by atoms with Crippen LogP contribution in [-0.4, -0.2) is 21.5 Å². The highest BCUT2D eigenvalue weighted by Gasteiger charge is 2.03. The number of ketones is 2. The molecule has 2 heterocycles. The van der Waals surface area contributed by atoms with Crippen LogP contribution in [0, 0.1) is 0 Å². The van der Waals surface area contributed by atoms with Gasteiger partial charge in [-0.3, -0.25) is 19.6 Å². The minimum absolute atomic E-state index is 0.145. The third kappa shape index (κ3) is 5.32. The van der Waals surface area contributed by atoms with Crippen molar-refractivity contribution in [3.8, 4) is 0 Å². The molecule has 0 fully saturated rings. The van der Waals surface area contributed by atoms with Crippen molar-refractivity contribution in [2.24, 2.45) is 0 Å². The molecule has 0 atom stereocenters. The number of nitrogens with zero attached hydrogens (tertiary/aromatic N) is 2. The highest BCUT2D eigenvalue weighted by molar-refractivity contribution is 6.10. The van der Waals surface area contributed by atoms with Gasteiger partial charge in [0.1, 0.15) is 0 Å². The molecule has 2 rings (SSSR count). The molecule has 0 bridgehead atoms. The second-order valence-electron chi connectivity index (χ2n) is 4.35. The van der Waals surface area contributed by atoms with Gasteiger partial charge in [0.15, 0.2) is 11.6 Å². The van der Waals surface area contributed by atoms with E-state index in [4.69, 9.17) is 0 Å². The summed E-state index contributed by atoms with van der Waals surface area (Å²) in [4.78, 5) is 31.2. The van der Waals surface area contributed by atoms with E-state index in [0.717, 1.165) is 11.1 Å². The van der Waals surface area contributed by atoms with Crippen molar-refractivity contribution < 1.29 is 9.59 Å². The average Bonchev–Trinajstić information content (AvgIpc) is 2.53. The standard InChI is InChI=1S/C17H14N2O2/c20-16(7-5-14-3-1-9-18-12-14)11-17(21)8-6-15-4-2-10-19-13-15/h1-10,12-13H,11H2/b7-5+,8-6+. The summed E-state index contributed by atoms with van der Waals surface area (Å²) < 4.78 is 0. The summed E-state index contributed by atoms with van der Waals surface area (Å²) in [5.74, 6) is -0.473. The summed E-state index contributed by atoms with van der Waals surface area (Å²) in [6, 6.07) is 7.24. The Morgan fingerprint density at radius 3 is 1.71 bits per heavy atom. The summed E-state index contributed by atoms with van der Waals surface area (Å²) in [5.41, 5.74) is 1.65. The summed E-state index contributed by atoms with van der Waals surface area (Å²) in [7, 11) is 0. The fraction of sp³-hybridized carbons (Fsp3) is 0.0588. The maximum Gasteiger partial charge on any atom is 0.163 e. The minimum Gasteiger partial charge on any atom is -0.294 e. The Labute approximate surface area is 122 Å². The molecule has 0 spiro atoms. The number of hydrogen-bond donors (Lipinski definition) is 0. The zero-order chi connectivity index (χ0) is 14.9. The Hall–Kier alpha value is -2.88. The van der Waals surface area contributed by atoms with Gasteiger partial charge in [0.2, 0.25) is 0 Å². The normalized spacial score (nSPS) is 11.0. The third-order valence-electron chi connectivity index (χ3n) is 2.64. The van der Waals surface area contributed by atoms with Gasteiger partial charge in [-0.1, -0.05) is 12.1 Å². The zero-order valence-corrected chi connectivity index (χ0v) is 11.3. The smallest absolute Gasteiger partial charge is 0.163 e. The molecule has 0 radical (unpaired) electrons. The molecule has 104 valence electrons. The maximum atomic E-state index is 11.7. The first-order chi connectivity index (χ1) is 10.2. The Morgan fingerprint density at radius 1 is 0.857 bits per heavy atom. The van der Waals surface area contributed by atoms with Crippen molar-refractivity contribution in [1.82, 2.24) is 9.97 Å². The van der Waals surface area contributed by atoms with Gasteiger partial charge in [0.25, 0.3) is 0 Å². The molecule has 4 nitrogen and oxygen atoms in total. The molecule has 0 aliphatic carbocycles. The largest absolute Gasteiger partial charge is 0.294 e. The van der Waals surface area contributed by atoms with Gasteiger partial charge in [-0.25, -0.2) is 0 Å². The first-order valence-electron chi connectivity index (χ1n) is 6.46. The Bertz CT molecular complexity index is 602. The Kier molecular flexibility index (Phi) is 5.29. The fourth-order valence-corrected chi connectivity index (χ4v) is 1.62. The van der Waals surface area contributed by atoms with Crippen LogP contribution in [0.15, 0.2) is 61.2 Å². The van der Waals surface area contributed by atoms with Crippen LogP contribution in [0.3, 0.4) is 0 Å². The van der Waals surface area contributed by atoms with Crippen molar-refractivity contribution in [2.75, 3.05) is 0 Å². The van der Waals surface area contributed by atoms with Crippen molar-refractivity contribution >= 4 is 23.7 Å². The molecular formula is C17H14N2O2. The molecule has 0 unspecified atom stereocenters. The lowest BCUT2D eigenvalue weighted by atomic mass is 10.1. The number of aromatic nitrogens is 2. The van der Waals surface area contributed by atoms with E-state index in [0.29, 0.717) is 0 Å². The van der Waals surface area contributed by atoms with Crippen LogP contribution in [0.4, 0.5) is 0 Å². The number of hydrogen-bond acceptors (Lipinski definition) is 4. The second kappa shape index (κ2) is 7.65. The van der Waals surface area contributed by atoms with E-state index in [1.807, 2.05) is 12.1 Å². The van der Waals surface area contributed by atoms with E-state index < -0.39 is 0 Å². The van der Waals surface area contributed by atoms with Crippen molar-refractivity contribution in [1.29, 1.82) is 0 Å².